The van der Waals surface area contributed by atoms with Gasteiger partial charge in [-0.1, -0.05) is 30.3 Å². The van der Waals surface area contributed by atoms with Gasteiger partial charge < -0.3 is 10.1 Å². The molecule has 20 heavy (non-hydrogen) atoms. The van der Waals surface area contributed by atoms with Gasteiger partial charge in [0.25, 0.3) is 0 Å². The summed E-state index contributed by atoms with van der Waals surface area (Å²) in [7, 11) is 0. The molecule has 1 aromatic rings. The third-order valence-corrected chi connectivity index (χ3v) is 2.84. The monoisotopic (exact) mass is 297 g/mol. The minimum Gasteiger partial charge on any atom is -0.444 e. The van der Waals surface area contributed by atoms with Crippen LogP contribution in [-0.2, 0) is 9.53 Å². The SMILES string of the molecule is CC(C)(C)OC(=O)NCC(C(=O)CCl)c1ccccc1. The Hall–Kier alpha value is -1.55. The summed E-state index contributed by atoms with van der Waals surface area (Å²) in [5.74, 6) is -0.676. The van der Waals surface area contributed by atoms with E-state index in [9.17, 15) is 9.59 Å². The van der Waals surface area contributed by atoms with Crippen LogP contribution in [0.15, 0.2) is 30.3 Å². The van der Waals surface area contributed by atoms with Gasteiger partial charge in [0.05, 0.1) is 11.8 Å². The number of hydrogen-bond acceptors (Lipinski definition) is 3. The van der Waals surface area contributed by atoms with Gasteiger partial charge in [-0.3, -0.25) is 4.79 Å². The number of carbonyl (C=O) groups is 2. The smallest absolute Gasteiger partial charge is 0.407 e. The van der Waals surface area contributed by atoms with Crippen molar-refractivity contribution in [2.24, 2.45) is 0 Å². The number of rotatable bonds is 5. The first-order valence-corrected chi connectivity index (χ1v) is 6.97. The number of Topliss-reactive ketones (excluding diaryl/α,β-unsaturated/α-hetero) is 1. The Kier molecular flexibility index (Phi) is 6.02. The minimum absolute atomic E-state index is 0.0877. The molecular weight excluding hydrogens is 278 g/mol. The highest BCUT2D eigenvalue weighted by Gasteiger charge is 2.22. The summed E-state index contributed by atoms with van der Waals surface area (Å²) < 4.78 is 5.14. The maximum atomic E-state index is 11.9. The van der Waals surface area contributed by atoms with Gasteiger partial charge in [0.1, 0.15) is 5.60 Å². The number of halogens is 1. The van der Waals surface area contributed by atoms with Gasteiger partial charge in [0.15, 0.2) is 5.78 Å². The molecule has 0 saturated carbocycles. The summed E-state index contributed by atoms with van der Waals surface area (Å²) in [6.45, 7) is 5.52. The van der Waals surface area contributed by atoms with E-state index in [0.29, 0.717) is 0 Å². The fraction of sp³-hybridized carbons (Fsp3) is 0.467. The van der Waals surface area contributed by atoms with Crippen molar-refractivity contribution >= 4 is 23.5 Å². The van der Waals surface area contributed by atoms with Gasteiger partial charge in [-0.05, 0) is 26.3 Å². The molecule has 0 bridgehead atoms. The number of hydrogen-bond donors (Lipinski definition) is 1. The summed E-state index contributed by atoms with van der Waals surface area (Å²) in [5.41, 5.74) is 0.261. The van der Waals surface area contributed by atoms with Crippen LogP contribution in [0.3, 0.4) is 0 Å². The zero-order chi connectivity index (χ0) is 15.2. The molecule has 1 N–H and O–H groups in total. The van der Waals surface area contributed by atoms with Crippen LogP contribution >= 0.6 is 11.6 Å². The quantitative estimate of drug-likeness (QED) is 0.850. The summed E-state index contributed by atoms with van der Waals surface area (Å²) >= 11 is 5.62. The Morgan fingerprint density at radius 2 is 1.85 bits per heavy atom. The van der Waals surface area contributed by atoms with Crippen LogP contribution in [0.25, 0.3) is 0 Å². The zero-order valence-corrected chi connectivity index (χ0v) is 12.7. The number of alkyl halides is 1. The van der Waals surface area contributed by atoms with Gasteiger partial charge in [0, 0.05) is 6.54 Å². The maximum absolute atomic E-state index is 11.9. The molecule has 0 radical (unpaired) electrons. The average molecular weight is 298 g/mol. The number of amides is 1. The first kappa shape index (κ1) is 16.5. The second-order valence-corrected chi connectivity index (χ2v) is 5.71. The van der Waals surface area contributed by atoms with Crippen molar-refractivity contribution in [3.63, 3.8) is 0 Å². The molecule has 5 heteroatoms. The van der Waals surface area contributed by atoms with E-state index in [2.05, 4.69) is 5.32 Å². The lowest BCUT2D eigenvalue weighted by Gasteiger charge is -2.21. The summed E-state index contributed by atoms with van der Waals surface area (Å²) in [6.07, 6.45) is -0.541. The van der Waals surface area contributed by atoms with E-state index in [-0.39, 0.29) is 18.2 Å². The highest BCUT2D eigenvalue weighted by atomic mass is 35.5. The van der Waals surface area contributed by atoms with Crippen LogP contribution in [0.5, 0.6) is 0 Å². The number of nitrogens with one attached hydrogen (secondary N) is 1. The summed E-state index contributed by atoms with van der Waals surface area (Å²) in [6, 6.07) is 9.24. The van der Waals surface area contributed by atoms with E-state index in [4.69, 9.17) is 16.3 Å². The van der Waals surface area contributed by atoms with Gasteiger partial charge in [-0.2, -0.15) is 0 Å². The molecule has 0 spiro atoms. The van der Waals surface area contributed by atoms with Crippen LogP contribution < -0.4 is 5.32 Å². The van der Waals surface area contributed by atoms with Crippen LogP contribution in [0, 0.1) is 0 Å². The Labute approximate surface area is 124 Å². The van der Waals surface area contributed by atoms with Crippen molar-refractivity contribution in [1.29, 1.82) is 0 Å². The molecule has 1 unspecified atom stereocenters. The van der Waals surface area contributed by atoms with Crippen LogP contribution in [0.2, 0.25) is 0 Å². The van der Waals surface area contributed by atoms with Gasteiger partial charge in [-0.25, -0.2) is 4.79 Å². The van der Waals surface area contributed by atoms with Gasteiger partial charge in [0.2, 0.25) is 0 Å². The molecule has 1 aromatic carbocycles. The Bertz CT molecular complexity index is 454. The van der Waals surface area contributed by atoms with E-state index in [1.807, 2.05) is 30.3 Å². The zero-order valence-electron chi connectivity index (χ0n) is 12.0. The molecule has 0 aliphatic carbocycles. The van der Waals surface area contributed by atoms with Crippen LogP contribution in [0.4, 0.5) is 4.79 Å². The lowest BCUT2D eigenvalue weighted by atomic mass is 9.95. The molecular formula is C15H20ClNO3. The predicted molar refractivity (Wildman–Crippen MR) is 79.1 cm³/mol. The molecule has 0 heterocycles. The number of benzene rings is 1. The fourth-order valence-corrected chi connectivity index (χ4v) is 1.88. The first-order valence-electron chi connectivity index (χ1n) is 6.44. The van der Waals surface area contributed by atoms with E-state index in [1.54, 1.807) is 20.8 Å². The third kappa shape index (κ3) is 5.61. The summed E-state index contributed by atoms with van der Waals surface area (Å²) in [5, 5.41) is 2.61. The molecule has 0 fully saturated rings. The molecule has 1 amide bonds. The summed E-state index contributed by atoms with van der Waals surface area (Å²) in [4.78, 5) is 23.5. The number of ether oxygens (including phenoxy) is 1. The lowest BCUT2D eigenvalue weighted by Crippen LogP contribution is -2.36. The van der Waals surface area contributed by atoms with Gasteiger partial charge >= 0.3 is 6.09 Å². The van der Waals surface area contributed by atoms with E-state index in [0.717, 1.165) is 5.56 Å². The van der Waals surface area contributed by atoms with Crippen molar-refractivity contribution in [3.05, 3.63) is 35.9 Å². The predicted octanol–water partition coefficient (Wildman–Crippen LogP) is 3.10. The van der Waals surface area contributed by atoms with Crippen molar-refractivity contribution in [2.75, 3.05) is 12.4 Å². The molecule has 0 saturated heterocycles. The van der Waals surface area contributed by atoms with Crippen LogP contribution in [-0.4, -0.2) is 29.9 Å². The fourth-order valence-electron chi connectivity index (χ4n) is 1.70. The number of ketones is 1. The molecule has 0 aromatic heterocycles. The minimum atomic E-state index is -0.567. The number of alkyl carbamates (subject to hydrolysis) is 1. The highest BCUT2D eigenvalue weighted by Crippen LogP contribution is 2.17. The Morgan fingerprint density at radius 1 is 1.25 bits per heavy atom. The largest absolute Gasteiger partial charge is 0.444 e. The molecule has 0 aliphatic rings. The highest BCUT2D eigenvalue weighted by molar-refractivity contribution is 6.28. The second kappa shape index (κ2) is 7.29. The normalized spacial score (nSPS) is 12.6. The Balaban J connectivity index is 2.68. The lowest BCUT2D eigenvalue weighted by molar-refractivity contribution is -0.118. The maximum Gasteiger partial charge on any atom is 0.407 e. The van der Waals surface area contributed by atoms with E-state index in [1.165, 1.54) is 0 Å². The molecule has 1 atom stereocenters. The average Bonchev–Trinajstić information content (AvgIpc) is 2.37. The molecule has 110 valence electrons. The molecule has 0 aliphatic heterocycles. The molecule has 1 rings (SSSR count). The van der Waals surface area contributed by atoms with Crippen molar-refractivity contribution in [3.8, 4) is 0 Å². The topological polar surface area (TPSA) is 55.4 Å². The Morgan fingerprint density at radius 3 is 2.35 bits per heavy atom. The van der Waals surface area contributed by atoms with Crippen LogP contribution in [0.1, 0.15) is 32.3 Å². The first-order chi connectivity index (χ1) is 9.33. The number of carbonyl (C=O) groups excluding carboxylic acids is 2. The molecule has 4 nitrogen and oxygen atoms in total. The second-order valence-electron chi connectivity index (χ2n) is 5.45. The van der Waals surface area contributed by atoms with Crippen molar-refractivity contribution < 1.29 is 14.3 Å². The standard InChI is InChI=1S/C15H20ClNO3/c1-15(2,3)20-14(19)17-10-12(13(18)9-16)11-7-5-4-6-8-11/h4-8,12H,9-10H2,1-3H3,(H,17,19). The third-order valence-electron chi connectivity index (χ3n) is 2.57. The van der Waals surface area contributed by atoms with E-state index >= 15 is 0 Å². The van der Waals surface area contributed by atoms with Crippen molar-refractivity contribution in [2.45, 2.75) is 32.3 Å². The van der Waals surface area contributed by atoms with Crippen molar-refractivity contribution in [1.82, 2.24) is 5.32 Å². The van der Waals surface area contributed by atoms with Gasteiger partial charge in [-0.15, -0.1) is 11.6 Å². The van der Waals surface area contributed by atoms with E-state index < -0.39 is 17.6 Å².